The van der Waals surface area contributed by atoms with Crippen molar-refractivity contribution in [3.63, 3.8) is 0 Å². The normalized spacial score (nSPS) is 16.4. The predicted octanol–water partition coefficient (Wildman–Crippen LogP) is 3.33. The second-order valence-corrected chi connectivity index (χ2v) is 9.08. The fraction of sp³-hybridized carbons (Fsp3) is 0.885. The van der Waals surface area contributed by atoms with Crippen LogP contribution >= 0.6 is 0 Å². The lowest BCUT2D eigenvalue weighted by Gasteiger charge is -2.34. The average molecular weight is 509 g/mol. The number of Topliss-reactive ketones (excluding diaryl/α,β-unsaturated/α-hetero) is 1. The molecular weight excluding hydrogens is 456 g/mol. The highest BCUT2D eigenvalue weighted by Gasteiger charge is 2.33. The van der Waals surface area contributed by atoms with Crippen molar-refractivity contribution in [1.82, 2.24) is 0 Å². The molecular formula is C26H52O9. The van der Waals surface area contributed by atoms with Gasteiger partial charge in [0.15, 0.2) is 5.78 Å². The van der Waals surface area contributed by atoms with Gasteiger partial charge in [0.25, 0.3) is 0 Å². The smallest absolute Gasteiger partial charge is 0.154 e. The maximum Gasteiger partial charge on any atom is 0.154 e. The van der Waals surface area contributed by atoms with Crippen LogP contribution in [-0.2, 0) is 42.7 Å². The van der Waals surface area contributed by atoms with Crippen molar-refractivity contribution in [1.29, 1.82) is 0 Å². The van der Waals surface area contributed by atoms with Gasteiger partial charge in [0, 0.05) is 28.4 Å². The molecule has 0 spiro atoms. The summed E-state index contributed by atoms with van der Waals surface area (Å²) in [5.41, 5.74) is 0.150. The number of carbonyl (C=O) groups excluding carboxylic acids is 1. The van der Waals surface area contributed by atoms with Gasteiger partial charge in [-0.3, -0.25) is 4.79 Å². The fourth-order valence-corrected chi connectivity index (χ4v) is 2.29. The molecule has 0 aromatic carbocycles. The highest BCUT2D eigenvalue weighted by molar-refractivity contribution is 5.91. The van der Waals surface area contributed by atoms with Gasteiger partial charge >= 0.3 is 0 Å². The zero-order valence-corrected chi connectivity index (χ0v) is 23.8. The lowest BCUT2D eigenvalue weighted by molar-refractivity contribution is -0.133. The van der Waals surface area contributed by atoms with E-state index in [9.17, 15) is 4.79 Å². The van der Waals surface area contributed by atoms with Gasteiger partial charge < -0.3 is 37.9 Å². The molecule has 0 rings (SSSR count). The van der Waals surface area contributed by atoms with Crippen molar-refractivity contribution in [3.05, 3.63) is 12.2 Å². The third kappa shape index (κ3) is 20.9. The lowest BCUT2D eigenvalue weighted by atomic mass is 9.92. The Bertz CT molecular complexity index is 445. The molecule has 4 atom stereocenters. The number of rotatable bonds is 21. The minimum atomic E-state index is -0.470. The van der Waals surface area contributed by atoms with Gasteiger partial charge in [-0.05, 0) is 47.1 Å². The van der Waals surface area contributed by atoms with E-state index in [0.29, 0.717) is 58.4 Å². The van der Waals surface area contributed by atoms with Crippen LogP contribution in [-0.4, -0.2) is 111 Å². The minimum absolute atomic E-state index is 0.00555. The molecule has 210 valence electrons. The van der Waals surface area contributed by atoms with Gasteiger partial charge in [0.2, 0.25) is 0 Å². The van der Waals surface area contributed by atoms with E-state index in [1.165, 1.54) is 6.92 Å². The third-order valence-corrected chi connectivity index (χ3v) is 5.25. The number of ketones is 1. The van der Waals surface area contributed by atoms with Crippen LogP contribution in [0.5, 0.6) is 0 Å². The van der Waals surface area contributed by atoms with Crippen molar-refractivity contribution < 1.29 is 42.7 Å². The van der Waals surface area contributed by atoms with Crippen LogP contribution < -0.4 is 0 Å². The van der Waals surface area contributed by atoms with Crippen LogP contribution in [0.2, 0.25) is 0 Å². The third-order valence-electron chi connectivity index (χ3n) is 5.25. The average Bonchev–Trinajstić information content (AvgIpc) is 2.83. The highest BCUT2D eigenvalue weighted by atomic mass is 16.6. The second-order valence-electron chi connectivity index (χ2n) is 9.08. The largest absolute Gasteiger partial charge is 0.379 e. The molecule has 9 heteroatoms. The zero-order valence-electron chi connectivity index (χ0n) is 23.8. The first kappa shape index (κ1) is 36.2. The molecule has 0 fully saturated rings. The van der Waals surface area contributed by atoms with Crippen LogP contribution in [0.3, 0.4) is 0 Å². The van der Waals surface area contributed by atoms with Crippen LogP contribution in [0.4, 0.5) is 0 Å². The number of hydrogen-bond acceptors (Lipinski definition) is 9. The van der Waals surface area contributed by atoms with Crippen LogP contribution in [0.25, 0.3) is 0 Å². The van der Waals surface area contributed by atoms with Crippen molar-refractivity contribution in [2.45, 2.75) is 66.0 Å². The van der Waals surface area contributed by atoms with Crippen molar-refractivity contribution in [3.8, 4) is 0 Å². The molecule has 0 aliphatic rings. The molecule has 0 aromatic rings. The molecule has 0 radical (unpaired) electrons. The molecule has 9 nitrogen and oxygen atoms in total. The Morgan fingerprint density at radius 1 is 0.600 bits per heavy atom. The number of ether oxygens (including phenoxy) is 8. The number of methoxy groups -OCH3 is 4. The molecule has 0 bridgehead atoms. The molecule has 0 N–H and O–H groups in total. The molecule has 0 aliphatic carbocycles. The summed E-state index contributed by atoms with van der Waals surface area (Å²) in [5, 5.41) is 0. The van der Waals surface area contributed by atoms with Crippen molar-refractivity contribution in [2.24, 2.45) is 5.41 Å². The van der Waals surface area contributed by atoms with Crippen molar-refractivity contribution >= 4 is 5.78 Å². The molecule has 4 unspecified atom stereocenters. The molecule has 0 amide bonds. The summed E-state index contributed by atoms with van der Waals surface area (Å²) in [7, 11) is 6.67. The predicted molar refractivity (Wildman–Crippen MR) is 137 cm³/mol. The molecule has 0 heterocycles. The summed E-state index contributed by atoms with van der Waals surface area (Å²) in [6.07, 6.45) is 0.0222. The monoisotopic (exact) mass is 508 g/mol. The summed E-state index contributed by atoms with van der Waals surface area (Å²) in [6.45, 7) is 18.1. The lowest BCUT2D eigenvalue weighted by Crippen LogP contribution is -2.44. The van der Waals surface area contributed by atoms with Gasteiger partial charge in [-0.25, -0.2) is 0 Å². The maximum absolute atomic E-state index is 10.0. The number of carbonyl (C=O) groups is 1. The first-order valence-corrected chi connectivity index (χ1v) is 12.0. The summed E-state index contributed by atoms with van der Waals surface area (Å²) >= 11 is 0. The van der Waals surface area contributed by atoms with E-state index >= 15 is 0 Å². The summed E-state index contributed by atoms with van der Waals surface area (Å²) in [6, 6.07) is 0. The van der Waals surface area contributed by atoms with Gasteiger partial charge in [-0.2, -0.15) is 0 Å². The van der Waals surface area contributed by atoms with E-state index in [4.69, 9.17) is 37.9 Å². The molecule has 0 aliphatic heterocycles. The Hall–Kier alpha value is -0.910. The first-order valence-electron chi connectivity index (χ1n) is 12.0. The van der Waals surface area contributed by atoms with Crippen LogP contribution in [0, 0.1) is 5.41 Å². The Kier molecular flexibility index (Phi) is 23.1. The van der Waals surface area contributed by atoms with Gasteiger partial charge in [0.05, 0.1) is 82.7 Å². The number of hydrogen-bond donors (Lipinski definition) is 0. The molecule has 0 aromatic heterocycles. The first-order chi connectivity index (χ1) is 16.5. The van der Waals surface area contributed by atoms with E-state index in [2.05, 4.69) is 6.58 Å². The Labute approximate surface area is 213 Å². The molecule has 35 heavy (non-hydrogen) atoms. The van der Waals surface area contributed by atoms with Crippen LogP contribution in [0.15, 0.2) is 12.2 Å². The fourth-order valence-electron chi connectivity index (χ4n) is 2.29. The van der Waals surface area contributed by atoms with E-state index in [1.54, 1.807) is 35.4 Å². The van der Waals surface area contributed by atoms with Gasteiger partial charge in [0.1, 0.15) is 0 Å². The Morgan fingerprint density at radius 3 is 0.943 bits per heavy atom. The topological polar surface area (TPSA) is 90.9 Å². The van der Waals surface area contributed by atoms with Gasteiger partial charge in [-0.15, -0.1) is 0 Å². The quantitative estimate of drug-likeness (QED) is 0.217. The number of allylic oxidation sites excluding steroid dienone is 1. The SMILES string of the molecule is C=C(C)C(C)=O.COC(C)COCC(COCC(C)OC)(COCC(C)OC)COCC(C)OC. The Balaban J connectivity index is 0. The van der Waals surface area contributed by atoms with E-state index in [0.717, 1.165) is 0 Å². The van der Waals surface area contributed by atoms with Gasteiger partial charge in [-0.1, -0.05) is 6.58 Å². The van der Waals surface area contributed by atoms with Crippen molar-refractivity contribution in [2.75, 3.05) is 81.3 Å². The minimum Gasteiger partial charge on any atom is -0.379 e. The summed E-state index contributed by atoms with van der Waals surface area (Å²) < 4.78 is 44.9. The van der Waals surface area contributed by atoms with E-state index in [1.807, 2.05) is 27.7 Å². The van der Waals surface area contributed by atoms with E-state index < -0.39 is 5.41 Å². The molecule has 0 saturated carbocycles. The summed E-state index contributed by atoms with van der Waals surface area (Å²) in [5.74, 6) is 0.0648. The van der Waals surface area contributed by atoms with Crippen LogP contribution in [0.1, 0.15) is 41.5 Å². The second kappa shape index (κ2) is 22.3. The maximum atomic E-state index is 10.0. The zero-order chi connectivity index (χ0) is 27.3. The molecule has 0 saturated heterocycles. The highest BCUT2D eigenvalue weighted by Crippen LogP contribution is 2.22. The summed E-state index contributed by atoms with van der Waals surface area (Å²) in [4.78, 5) is 10.0. The van der Waals surface area contributed by atoms with E-state index in [-0.39, 0.29) is 30.2 Å². The Morgan fingerprint density at radius 2 is 0.800 bits per heavy atom. The standard InChI is InChI=1S/C21H44O8.C5H8O/c1-17(22-5)9-26-13-21(14-27-10-18(2)23-6,15-28-11-19(3)24-7)16-29-12-20(4)25-8;1-4(2)5(3)6/h17-20H,9-16H2,1-8H3;1H2,2-3H3.